The summed E-state index contributed by atoms with van der Waals surface area (Å²) in [5, 5.41) is 46.9. The number of hydrogen-bond donors (Lipinski definition) is 4. The van der Waals surface area contributed by atoms with Gasteiger partial charge in [0.1, 0.15) is 23.4 Å². The quantitative estimate of drug-likeness (QED) is 0.332. The zero-order chi connectivity index (χ0) is 28.7. The van der Waals surface area contributed by atoms with Gasteiger partial charge in [0.15, 0.2) is 5.78 Å². The predicted molar refractivity (Wildman–Crippen MR) is 138 cm³/mol. The van der Waals surface area contributed by atoms with Gasteiger partial charge < -0.3 is 29.9 Å². The summed E-state index contributed by atoms with van der Waals surface area (Å²) in [6.07, 6.45) is -4.94. The third-order valence-electron chi connectivity index (χ3n) is 10.5. The highest BCUT2D eigenvalue weighted by Crippen LogP contribution is 2.67. The largest absolute Gasteiger partial charge is 0.458 e. The Labute approximate surface area is 227 Å². The summed E-state index contributed by atoms with van der Waals surface area (Å²) in [5.74, 6) is -3.66. The molecule has 2 unspecified atom stereocenters. The molecule has 39 heavy (non-hydrogen) atoms. The van der Waals surface area contributed by atoms with Crippen LogP contribution in [0.1, 0.15) is 70.7 Å². The first kappa shape index (κ1) is 28.0. The predicted octanol–water partition coefficient (Wildman–Crippen LogP) is 2.09. The van der Waals surface area contributed by atoms with Gasteiger partial charge >= 0.3 is 11.9 Å². The third kappa shape index (κ3) is 3.63. The van der Waals surface area contributed by atoms with Crippen LogP contribution in [0.15, 0.2) is 41.5 Å². The molecule has 3 saturated carbocycles. The molecule has 1 aromatic rings. The number of aliphatic hydroxyl groups is 4. The number of esters is 2. The number of aliphatic hydroxyl groups excluding tert-OH is 3. The van der Waals surface area contributed by atoms with Gasteiger partial charge in [-0.3, -0.25) is 9.59 Å². The second-order valence-corrected chi connectivity index (χ2v) is 12.6. The molecular formula is C30H38O9. The molecule has 2 bridgehead atoms. The van der Waals surface area contributed by atoms with E-state index in [9.17, 15) is 34.8 Å². The molecule has 0 spiro atoms. The number of fused-ring (bicyclic) bond motifs is 5. The summed E-state index contributed by atoms with van der Waals surface area (Å²) in [7, 11) is 0. The van der Waals surface area contributed by atoms with Crippen LogP contribution >= 0.6 is 0 Å². The summed E-state index contributed by atoms with van der Waals surface area (Å²) >= 11 is 0. The van der Waals surface area contributed by atoms with Gasteiger partial charge in [0.2, 0.25) is 0 Å². The van der Waals surface area contributed by atoms with Crippen molar-refractivity contribution in [2.75, 3.05) is 0 Å². The molecule has 1 aromatic carbocycles. The number of Topliss-reactive ketones (excluding diaryl/α,β-unsaturated/α-hetero) is 1. The van der Waals surface area contributed by atoms with E-state index in [-0.39, 0.29) is 29.9 Å². The normalized spacial score (nSPS) is 42.7. The highest BCUT2D eigenvalue weighted by atomic mass is 16.6. The molecule has 0 aliphatic heterocycles. The number of rotatable bonds is 3. The SMILES string of the molecule is CC(=O)OC12CC[C@@H]1C[C@H](O)[C@@]1(C)C(=O)[C@H](O)C3=C(C)[C@@H](O)C[C@@](O)([C@@H](OC(=O)c4ccccc4)C21)C3(C)C. The molecule has 0 aromatic heterocycles. The van der Waals surface area contributed by atoms with Crippen LogP contribution < -0.4 is 0 Å². The first-order valence-corrected chi connectivity index (χ1v) is 13.6. The lowest BCUT2D eigenvalue weighted by Gasteiger charge is -2.68. The van der Waals surface area contributed by atoms with Gasteiger partial charge in [-0.15, -0.1) is 0 Å². The van der Waals surface area contributed by atoms with Crippen LogP contribution in [-0.4, -0.2) is 73.8 Å². The molecule has 0 heterocycles. The van der Waals surface area contributed by atoms with Crippen LogP contribution in [0.2, 0.25) is 0 Å². The summed E-state index contributed by atoms with van der Waals surface area (Å²) in [4.78, 5) is 40.4. The van der Waals surface area contributed by atoms with E-state index in [1.54, 1.807) is 51.1 Å². The van der Waals surface area contributed by atoms with Gasteiger partial charge in [-0.1, -0.05) is 32.0 Å². The fourth-order valence-electron chi connectivity index (χ4n) is 8.20. The van der Waals surface area contributed by atoms with Gasteiger partial charge in [0, 0.05) is 24.7 Å². The molecule has 0 amide bonds. The van der Waals surface area contributed by atoms with Crippen molar-refractivity contribution in [3.63, 3.8) is 0 Å². The van der Waals surface area contributed by atoms with Crippen LogP contribution in [0.25, 0.3) is 0 Å². The number of carbonyl (C=O) groups is 3. The zero-order valence-corrected chi connectivity index (χ0v) is 23.0. The fraction of sp³-hybridized carbons (Fsp3) is 0.633. The number of ether oxygens (including phenoxy) is 2. The van der Waals surface area contributed by atoms with E-state index in [0.29, 0.717) is 18.4 Å². The van der Waals surface area contributed by atoms with Gasteiger partial charge in [-0.05, 0) is 56.4 Å². The Morgan fingerprint density at radius 3 is 2.26 bits per heavy atom. The van der Waals surface area contributed by atoms with E-state index in [2.05, 4.69) is 0 Å². The lowest BCUT2D eigenvalue weighted by Crippen LogP contribution is -2.78. The lowest BCUT2D eigenvalue weighted by atomic mass is 9.41. The minimum atomic E-state index is -2.01. The smallest absolute Gasteiger partial charge is 0.338 e. The summed E-state index contributed by atoms with van der Waals surface area (Å²) in [6, 6.07) is 8.19. The van der Waals surface area contributed by atoms with Crippen molar-refractivity contribution in [1.29, 1.82) is 0 Å². The van der Waals surface area contributed by atoms with E-state index in [0.717, 1.165) is 0 Å². The highest BCUT2D eigenvalue weighted by Gasteiger charge is 2.76. The molecule has 9 heteroatoms. The number of ketones is 1. The first-order chi connectivity index (χ1) is 18.1. The molecule has 4 N–H and O–H groups in total. The number of hydrogen-bond acceptors (Lipinski definition) is 9. The van der Waals surface area contributed by atoms with Crippen LogP contribution in [0.5, 0.6) is 0 Å². The second-order valence-electron chi connectivity index (χ2n) is 12.6. The average Bonchev–Trinajstić information content (AvgIpc) is 2.87. The summed E-state index contributed by atoms with van der Waals surface area (Å²) < 4.78 is 12.2. The fourth-order valence-corrected chi connectivity index (χ4v) is 8.20. The first-order valence-electron chi connectivity index (χ1n) is 13.6. The Hall–Kier alpha value is -2.59. The molecular weight excluding hydrogens is 504 g/mol. The van der Waals surface area contributed by atoms with E-state index >= 15 is 0 Å². The van der Waals surface area contributed by atoms with Crippen molar-refractivity contribution in [3.05, 3.63) is 47.0 Å². The Bertz CT molecular complexity index is 1240. The Morgan fingerprint density at radius 1 is 1.05 bits per heavy atom. The topological polar surface area (TPSA) is 151 Å². The standard InChI is InChI=1S/C30H38O9/c1-15-19(32)14-30(37)25(38-26(36)17-9-7-6-8-10-17)23-28(5,24(35)22(34)21(15)27(30,3)4)20(33)13-18-11-12-29(18,23)39-16(2)31/h6-10,18-20,22-23,25,32-34,37H,11-14H2,1-5H3/t18-,19+,20+,22-,23?,25+,28-,29?,30-/m1/s1. The third-order valence-corrected chi connectivity index (χ3v) is 10.5. The molecule has 4 aliphatic rings. The van der Waals surface area contributed by atoms with Crippen molar-refractivity contribution in [1.82, 2.24) is 0 Å². The van der Waals surface area contributed by atoms with E-state index < -0.39 is 70.1 Å². The maximum Gasteiger partial charge on any atom is 0.338 e. The summed E-state index contributed by atoms with van der Waals surface area (Å²) in [6.45, 7) is 7.65. The number of benzene rings is 1. The van der Waals surface area contributed by atoms with Crippen molar-refractivity contribution in [2.45, 2.75) is 95.9 Å². The molecule has 5 rings (SSSR count). The monoisotopic (exact) mass is 542 g/mol. The minimum Gasteiger partial charge on any atom is -0.458 e. The van der Waals surface area contributed by atoms with Crippen LogP contribution in [0.3, 0.4) is 0 Å². The Balaban J connectivity index is 1.81. The molecule has 3 fully saturated rings. The molecule has 9 atom stereocenters. The Morgan fingerprint density at radius 2 is 1.69 bits per heavy atom. The molecule has 9 nitrogen and oxygen atoms in total. The van der Waals surface area contributed by atoms with Gasteiger partial charge in [0.25, 0.3) is 0 Å². The van der Waals surface area contributed by atoms with Gasteiger partial charge in [-0.2, -0.15) is 0 Å². The zero-order valence-electron chi connectivity index (χ0n) is 23.0. The van der Waals surface area contributed by atoms with Gasteiger partial charge in [0.05, 0.1) is 29.1 Å². The van der Waals surface area contributed by atoms with Crippen molar-refractivity contribution < 1.29 is 44.3 Å². The van der Waals surface area contributed by atoms with E-state index in [1.165, 1.54) is 13.8 Å². The van der Waals surface area contributed by atoms with E-state index in [4.69, 9.17) is 9.47 Å². The molecule has 0 saturated heterocycles. The Kier molecular flexibility index (Phi) is 6.42. The molecule has 212 valence electrons. The molecule has 0 radical (unpaired) electrons. The van der Waals surface area contributed by atoms with Crippen LogP contribution in [0.4, 0.5) is 0 Å². The van der Waals surface area contributed by atoms with Crippen LogP contribution in [0, 0.1) is 22.7 Å². The van der Waals surface area contributed by atoms with E-state index in [1.807, 2.05) is 0 Å². The van der Waals surface area contributed by atoms with Crippen molar-refractivity contribution in [2.24, 2.45) is 22.7 Å². The maximum absolute atomic E-state index is 14.3. The van der Waals surface area contributed by atoms with Crippen molar-refractivity contribution >= 4 is 17.7 Å². The second kappa shape index (κ2) is 8.96. The average molecular weight is 543 g/mol. The molecule has 4 aliphatic carbocycles. The minimum absolute atomic E-state index is 0.138. The van der Waals surface area contributed by atoms with Crippen molar-refractivity contribution in [3.8, 4) is 0 Å². The lowest BCUT2D eigenvalue weighted by molar-refractivity contribution is -0.296. The summed E-state index contributed by atoms with van der Waals surface area (Å²) in [5.41, 5.74) is -5.76. The van der Waals surface area contributed by atoms with Gasteiger partial charge in [-0.25, -0.2) is 4.79 Å². The number of carbonyl (C=O) groups excluding carboxylic acids is 3. The maximum atomic E-state index is 14.3. The highest BCUT2D eigenvalue weighted by molar-refractivity contribution is 5.94. The van der Waals surface area contributed by atoms with Crippen LogP contribution in [-0.2, 0) is 19.1 Å².